The van der Waals surface area contributed by atoms with Crippen LogP contribution in [0.3, 0.4) is 0 Å². The van der Waals surface area contributed by atoms with Gasteiger partial charge >= 0.3 is 16.3 Å². The average molecular weight is 718 g/mol. The highest BCUT2D eigenvalue weighted by Crippen LogP contribution is 2.52. The molecule has 2 fully saturated rings. The number of hydrogen-bond acceptors (Lipinski definition) is 10. The lowest BCUT2D eigenvalue weighted by Gasteiger charge is -2.43. The van der Waals surface area contributed by atoms with Gasteiger partial charge in [-0.15, -0.1) is 8.98 Å². The Morgan fingerprint density at radius 2 is 1.86 bits per heavy atom. The maximum Gasteiger partial charge on any atom is 0.408 e. The predicted octanol–water partition coefficient (Wildman–Crippen LogP) is 6.68. The van der Waals surface area contributed by atoms with Crippen LogP contribution in [-0.2, 0) is 32.5 Å². The summed E-state index contributed by atoms with van der Waals surface area (Å²) < 4.78 is 50.9. The first-order chi connectivity index (χ1) is 24.4. The summed E-state index contributed by atoms with van der Waals surface area (Å²) in [4.78, 5) is 27.2. The third-order valence-corrected chi connectivity index (χ3v) is 11.6. The number of benzene rings is 2. The second kappa shape index (κ2) is 12.7. The minimum absolute atomic E-state index is 0.150. The zero-order valence-corrected chi connectivity index (χ0v) is 30.1. The molecule has 1 amide bonds. The van der Waals surface area contributed by atoms with Crippen molar-refractivity contribution in [2.45, 2.75) is 94.9 Å². The van der Waals surface area contributed by atoms with Gasteiger partial charge in [0.15, 0.2) is 23.2 Å². The summed E-state index contributed by atoms with van der Waals surface area (Å²) >= 11 is 0. The molecule has 5 heterocycles. The summed E-state index contributed by atoms with van der Waals surface area (Å²) in [6.07, 6.45) is 7.86. The predicted molar refractivity (Wildman–Crippen MR) is 190 cm³/mol. The van der Waals surface area contributed by atoms with Crippen LogP contribution < -0.4 is 15.1 Å². The van der Waals surface area contributed by atoms with E-state index in [4.69, 9.17) is 24.5 Å². The van der Waals surface area contributed by atoms with Crippen molar-refractivity contribution in [3.63, 3.8) is 0 Å². The van der Waals surface area contributed by atoms with Gasteiger partial charge in [-0.2, -0.15) is 8.42 Å². The highest BCUT2D eigenvalue weighted by Gasteiger charge is 2.49. The van der Waals surface area contributed by atoms with Crippen LogP contribution in [0.1, 0.15) is 88.3 Å². The van der Waals surface area contributed by atoms with E-state index < -0.39 is 21.9 Å². The van der Waals surface area contributed by atoms with Crippen molar-refractivity contribution >= 4 is 44.8 Å². The van der Waals surface area contributed by atoms with E-state index in [0.29, 0.717) is 36.6 Å². The highest BCUT2D eigenvalue weighted by molar-refractivity contribution is 7.86. The highest BCUT2D eigenvalue weighted by atomic mass is 32.3. The number of rotatable bonds is 5. The topological polar surface area (TPSA) is 132 Å². The fourth-order valence-corrected chi connectivity index (χ4v) is 8.89. The van der Waals surface area contributed by atoms with Gasteiger partial charge < -0.3 is 24.6 Å². The number of ether oxygens (including phenoxy) is 2. The number of amides is 1. The molecule has 2 saturated heterocycles. The lowest BCUT2D eigenvalue weighted by molar-refractivity contribution is -0.0368. The number of anilines is 3. The molecule has 4 aliphatic rings. The van der Waals surface area contributed by atoms with Crippen molar-refractivity contribution in [3.8, 4) is 0 Å². The van der Waals surface area contributed by atoms with Gasteiger partial charge in [0.1, 0.15) is 11.4 Å². The van der Waals surface area contributed by atoms with E-state index in [0.717, 1.165) is 80.7 Å². The van der Waals surface area contributed by atoms with Crippen LogP contribution in [0.25, 0.3) is 11.2 Å². The third kappa shape index (κ3) is 6.41. The second-order valence-electron chi connectivity index (χ2n) is 15.3. The third-order valence-electron chi connectivity index (χ3n) is 10.8. The van der Waals surface area contributed by atoms with Gasteiger partial charge in [0.25, 0.3) is 0 Å². The molecule has 1 unspecified atom stereocenters. The minimum Gasteiger partial charge on any atom is -0.444 e. The van der Waals surface area contributed by atoms with Gasteiger partial charge in [0.2, 0.25) is 0 Å². The summed E-state index contributed by atoms with van der Waals surface area (Å²) in [5, 5.41) is 8.31. The fraction of sp³-hybridized carbons (Fsp3) is 0.514. The molecule has 0 bridgehead atoms. The van der Waals surface area contributed by atoms with Gasteiger partial charge in [-0.1, -0.05) is 24.3 Å². The molecular weight excluding hydrogens is 674 g/mol. The number of aryl methyl sites for hydroxylation is 1. The molecule has 14 heteroatoms. The van der Waals surface area contributed by atoms with E-state index in [2.05, 4.69) is 28.4 Å². The zero-order valence-electron chi connectivity index (χ0n) is 29.3. The molecule has 1 aliphatic carbocycles. The largest absolute Gasteiger partial charge is 0.444 e. The summed E-state index contributed by atoms with van der Waals surface area (Å²) in [6, 6.07) is 12.6. The fourth-order valence-electron chi connectivity index (χ4n) is 8.37. The molecule has 0 saturated carbocycles. The second-order valence-corrected chi connectivity index (χ2v) is 16.6. The van der Waals surface area contributed by atoms with Crippen LogP contribution in [-0.4, -0.2) is 66.1 Å². The monoisotopic (exact) mass is 717 g/mol. The number of aromatic nitrogens is 4. The van der Waals surface area contributed by atoms with Gasteiger partial charge in [-0.05, 0) is 107 Å². The first-order valence-corrected chi connectivity index (χ1v) is 19.3. The number of nitrogens with one attached hydrogen (secondary N) is 1. The van der Waals surface area contributed by atoms with Gasteiger partial charge in [-0.25, -0.2) is 19.4 Å². The Kier molecular flexibility index (Phi) is 8.44. The molecule has 8 rings (SSSR count). The first kappa shape index (κ1) is 33.8. The minimum atomic E-state index is -4.82. The molecule has 0 radical (unpaired) electrons. The molecule has 12 nitrogen and oxygen atoms in total. The number of fused-ring (bicyclic) bond motifs is 3. The standard InChI is InChI=1S/C37H44FN7O5S/c1-36(2,3)50-35(46)41-32-27-11-5-4-9-25(27)22-37(32)15-18-43(19-16-37)29-23-39-31-33(40-29)45(30-12-6-7-20-49-30)42-34(31)44-17-8-10-24-21-26(51(38,47)48)13-14-28(24)44/h4-5,9,11,13-14,21,23,30,32H,6-8,10,12,15-20,22H2,1-3H3,(H,41,46)/t30?,32-/m1/s1. The Labute approximate surface area is 297 Å². The van der Waals surface area contributed by atoms with Crippen LogP contribution in [0, 0.1) is 5.41 Å². The Morgan fingerprint density at radius 1 is 1.06 bits per heavy atom. The van der Waals surface area contributed by atoms with Gasteiger partial charge in [0, 0.05) is 37.3 Å². The summed E-state index contributed by atoms with van der Waals surface area (Å²) in [5.74, 6) is 1.37. The molecule has 3 aliphatic heterocycles. The van der Waals surface area contributed by atoms with Crippen LogP contribution in [0.15, 0.2) is 53.6 Å². The molecule has 51 heavy (non-hydrogen) atoms. The smallest absolute Gasteiger partial charge is 0.408 e. The van der Waals surface area contributed by atoms with E-state index in [-0.39, 0.29) is 22.6 Å². The van der Waals surface area contributed by atoms with Crippen molar-refractivity contribution in [2.75, 3.05) is 36.0 Å². The number of nitrogens with zero attached hydrogens (tertiary/aromatic N) is 6. The van der Waals surface area contributed by atoms with Gasteiger partial charge in [0.05, 0.1) is 17.1 Å². The van der Waals surface area contributed by atoms with Crippen molar-refractivity contribution in [1.29, 1.82) is 0 Å². The summed E-state index contributed by atoms with van der Waals surface area (Å²) in [6.45, 7) is 8.38. The molecule has 1 spiro atoms. The number of carbonyl (C=O) groups is 1. The van der Waals surface area contributed by atoms with E-state index >= 15 is 0 Å². The molecule has 2 aromatic carbocycles. The van der Waals surface area contributed by atoms with E-state index in [1.807, 2.05) is 36.4 Å². The zero-order chi connectivity index (χ0) is 35.5. The van der Waals surface area contributed by atoms with E-state index in [1.54, 1.807) is 12.3 Å². The quantitative estimate of drug-likeness (QED) is 0.223. The molecule has 1 N–H and O–H groups in total. The Morgan fingerprint density at radius 3 is 2.61 bits per heavy atom. The molecule has 2 aromatic heterocycles. The Balaban J connectivity index is 1.10. The summed E-state index contributed by atoms with van der Waals surface area (Å²) in [7, 11) is -4.82. The SMILES string of the molecule is CC(C)(C)OC(=O)N[C@@H]1c2ccccc2CC12CCN(c1cnc3c(N4CCCc5cc(S(=O)(=O)F)ccc54)nn(C4CCCCO4)c3n1)CC2. The number of halogens is 1. The number of piperidine rings is 1. The van der Waals surface area contributed by atoms with Crippen LogP contribution in [0.4, 0.5) is 26.0 Å². The molecule has 2 atom stereocenters. The molecule has 4 aromatic rings. The van der Waals surface area contributed by atoms with E-state index in [1.165, 1.54) is 17.7 Å². The molecular formula is C37H44FN7O5S. The van der Waals surface area contributed by atoms with Crippen molar-refractivity contribution < 1.29 is 26.6 Å². The maximum absolute atomic E-state index is 13.9. The normalized spacial score (nSPS) is 21.8. The van der Waals surface area contributed by atoms with Crippen molar-refractivity contribution in [1.82, 2.24) is 25.1 Å². The lowest BCUT2D eigenvalue weighted by atomic mass is 9.72. The maximum atomic E-state index is 13.9. The van der Waals surface area contributed by atoms with Crippen LogP contribution >= 0.6 is 0 Å². The van der Waals surface area contributed by atoms with Crippen LogP contribution in [0.5, 0.6) is 0 Å². The van der Waals surface area contributed by atoms with Crippen molar-refractivity contribution in [2.24, 2.45) is 5.41 Å². The first-order valence-electron chi connectivity index (χ1n) is 17.9. The summed E-state index contributed by atoms with van der Waals surface area (Å²) in [5.41, 5.74) is 4.46. The van der Waals surface area contributed by atoms with Crippen molar-refractivity contribution in [3.05, 3.63) is 65.4 Å². The van der Waals surface area contributed by atoms with Crippen LogP contribution in [0.2, 0.25) is 0 Å². The van der Waals surface area contributed by atoms with Gasteiger partial charge in [-0.3, -0.25) is 0 Å². The Hall–Kier alpha value is -4.30. The number of alkyl carbamates (subject to hydrolysis) is 1. The average Bonchev–Trinajstić information content (AvgIpc) is 3.62. The number of hydrogen-bond donors (Lipinski definition) is 1. The molecule has 270 valence electrons. The Bertz CT molecular complexity index is 2080. The lowest BCUT2D eigenvalue weighted by Crippen LogP contribution is -2.48. The van der Waals surface area contributed by atoms with E-state index in [9.17, 15) is 17.1 Å². The number of carbonyl (C=O) groups excluding carboxylic acids is 1.